The minimum atomic E-state index is -0.296. The first-order valence-corrected chi connectivity index (χ1v) is 6.32. The van der Waals surface area contributed by atoms with Crippen molar-refractivity contribution in [3.8, 4) is 0 Å². The Bertz CT molecular complexity index is 211. The minimum absolute atomic E-state index is 0.0460. The molecule has 4 heteroatoms. The van der Waals surface area contributed by atoms with Gasteiger partial charge in [-0.15, -0.1) is 0 Å². The van der Waals surface area contributed by atoms with Crippen LogP contribution in [0.15, 0.2) is 0 Å². The molecule has 0 aromatic carbocycles. The highest BCUT2D eigenvalue weighted by molar-refractivity contribution is 5.70. The fraction of sp³-hybridized carbons (Fsp3) is 0.923. The van der Waals surface area contributed by atoms with Crippen LogP contribution in [0.1, 0.15) is 34.6 Å². The van der Waals surface area contributed by atoms with Gasteiger partial charge in [-0.05, 0) is 24.8 Å². The smallest absolute Gasteiger partial charge is 0.332 e. The Labute approximate surface area is 105 Å². The van der Waals surface area contributed by atoms with Crippen molar-refractivity contribution in [2.24, 2.45) is 11.3 Å². The van der Waals surface area contributed by atoms with Crippen molar-refractivity contribution in [1.82, 2.24) is 5.32 Å². The Balaban J connectivity index is 3.38. The maximum absolute atomic E-state index is 10.9. The van der Waals surface area contributed by atoms with Crippen molar-refractivity contribution >= 4 is 5.97 Å². The fourth-order valence-corrected chi connectivity index (χ4v) is 1.13. The molecular formula is C13H27NO3. The zero-order chi connectivity index (χ0) is 13.3. The van der Waals surface area contributed by atoms with E-state index in [0.29, 0.717) is 24.5 Å². The average Bonchev–Trinajstić information content (AvgIpc) is 2.21. The first-order chi connectivity index (χ1) is 7.88. The van der Waals surface area contributed by atoms with Gasteiger partial charge in [0.2, 0.25) is 0 Å². The topological polar surface area (TPSA) is 47.6 Å². The van der Waals surface area contributed by atoms with Crippen molar-refractivity contribution in [3.63, 3.8) is 0 Å². The zero-order valence-corrected chi connectivity index (χ0v) is 11.8. The molecule has 4 nitrogen and oxygen atoms in total. The van der Waals surface area contributed by atoms with E-state index in [1.54, 1.807) is 6.92 Å². The number of esters is 1. The Morgan fingerprint density at radius 1 is 1.35 bits per heavy atom. The summed E-state index contributed by atoms with van der Waals surface area (Å²) < 4.78 is 9.93. The summed E-state index contributed by atoms with van der Waals surface area (Å²) in [6.07, 6.45) is 0. The lowest BCUT2D eigenvalue weighted by atomic mass is 9.82. The van der Waals surface area contributed by atoms with Crippen LogP contribution < -0.4 is 5.32 Å². The normalized spacial score (nSPS) is 13.5. The molecule has 0 radical (unpaired) electrons. The second kappa shape index (κ2) is 8.48. The van der Waals surface area contributed by atoms with Crippen molar-refractivity contribution in [3.05, 3.63) is 0 Å². The molecule has 1 N–H and O–H groups in total. The Morgan fingerprint density at radius 2 is 2.00 bits per heavy atom. The van der Waals surface area contributed by atoms with Crippen molar-refractivity contribution in [2.75, 3.05) is 32.9 Å². The monoisotopic (exact) mass is 245 g/mol. The molecule has 0 rings (SSSR count). The molecule has 0 aliphatic carbocycles. The summed E-state index contributed by atoms with van der Waals surface area (Å²) in [6.45, 7) is 13.4. The van der Waals surface area contributed by atoms with Gasteiger partial charge < -0.3 is 14.8 Å². The van der Waals surface area contributed by atoms with Gasteiger partial charge in [0.25, 0.3) is 0 Å². The molecule has 0 fully saturated rings. The summed E-state index contributed by atoms with van der Waals surface area (Å²) in [5, 5.41) is 3.32. The lowest BCUT2D eigenvalue weighted by Crippen LogP contribution is -2.32. The summed E-state index contributed by atoms with van der Waals surface area (Å²) in [5.41, 5.74) is 0.318. The second-order valence-electron chi connectivity index (χ2n) is 5.33. The predicted molar refractivity (Wildman–Crippen MR) is 68.9 cm³/mol. The molecule has 0 bridgehead atoms. The lowest BCUT2D eigenvalue weighted by molar-refractivity contribution is -0.148. The molecule has 0 saturated carbocycles. The van der Waals surface area contributed by atoms with Gasteiger partial charge in [-0.2, -0.15) is 0 Å². The van der Waals surface area contributed by atoms with Crippen molar-refractivity contribution in [2.45, 2.75) is 34.6 Å². The molecule has 0 saturated heterocycles. The molecule has 0 amide bonds. The molecule has 0 spiro atoms. The molecule has 102 valence electrons. The Morgan fingerprint density at radius 3 is 2.53 bits per heavy atom. The van der Waals surface area contributed by atoms with E-state index in [1.807, 2.05) is 0 Å². The maximum Gasteiger partial charge on any atom is 0.332 e. The summed E-state index contributed by atoms with van der Waals surface area (Å²) in [4.78, 5) is 10.9. The number of carbonyl (C=O) groups is 1. The van der Waals surface area contributed by atoms with E-state index in [4.69, 9.17) is 9.47 Å². The average molecular weight is 245 g/mol. The highest BCUT2D eigenvalue weighted by atomic mass is 16.6. The third-order valence-corrected chi connectivity index (χ3v) is 2.88. The first-order valence-electron chi connectivity index (χ1n) is 6.32. The number of rotatable bonds is 8. The van der Waals surface area contributed by atoms with E-state index in [1.165, 1.54) is 0 Å². The van der Waals surface area contributed by atoms with Gasteiger partial charge in [0.1, 0.15) is 6.61 Å². The third-order valence-electron chi connectivity index (χ3n) is 2.88. The van der Waals surface area contributed by atoms with E-state index in [9.17, 15) is 4.79 Å². The lowest BCUT2D eigenvalue weighted by Gasteiger charge is -2.27. The first kappa shape index (κ1) is 16.4. The molecular weight excluding hydrogens is 218 g/mol. The van der Waals surface area contributed by atoms with Gasteiger partial charge in [-0.1, -0.05) is 27.7 Å². The van der Waals surface area contributed by atoms with Gasteiger partial charge in [0.15, 0.2) is 0 Å². The van der Waals surface area contributed by atoms with Crippen molar-refractivity contribution in [1.29, 1.82) is 0 Å². The predicted octanol–water partition coefficient (Wildman–Crippen LogP) is 1.84. The molecule has 0 aliphatic rings. The SMILES string of the molecule is CCOC(=O)COCCNCC(C)C(C)(C)C. The largest absolute Gasteiger partial charge is 0.464 e. The van der Waals surface area contributed by atoms with Crippen LogP contribution in [0, 0.1) is 11.3 Å². The number of hydrogen-bond donors (Lipinski definition) is 1. The number of ether oxygens (including phenoxy) is 2. The standard InChI is InChI=1S/C13H27NO3/c1-6-17-12(15)10-16-8-7-14-9-11(2)13(3,4)5/h11,14H,6-10H2,1-5H3. The second-order valence-corrected chi connectivity index (χ2v) is 5.33. The molecule has 1 atom stereocenters. The number of carbonyl (C=O) groups excluding carboxylic acids is 1. The van der Waals surface area contributed by atoms with E-state index in [2.05, 4.69) is 33.0 Å². The van der Waals surface area contributed by atoms with Crippen LogP contribution in [0.5, 0.6) is 0 Å². The molecule has 0 aromatic rings. The van der Waals surface area contributed by atoms with Crippen molar-refractivity contribution < 1.29 is 14.3 Å². The molecule has 0 aliphatic heterocycles. The highest BCUT2D eigenvalue weighted by Crippen LogP contribution is 2.24. The number of hydrogen-bond acceptors (Lipinski definition) is 4. The third kappa shape index (κ3) is 9.12. The molecule has 1 unspecified atom stereocenters. The van der Waals surface area contributed by atoms with Crippen LogP contribution >= 0.6 is 0 Å². The van der Waals surface area contributed by atoms with E-state index in [-0.39, 0.29) is 12.6 Å². The van der Waals surface area contributed by atoms with E-state index < -0.39 is 0 Å². The van der Waals surface area contributed by atoms with Crippen LogP contribution in [0.3, 0.4) is 0 Å². The van der Waals surface area contributed by atoms with Gasteiger partial charge >= 0.3 is 5.97 Å². The van der Waals surface area contributed by atoms with Crippen LogP contribution in [-0.2, 0) is 14.3 Å². The highest BCUT2D eigenvalue weighted by Gasteiger charge is 2.18. The van der Waals surface area contributed by atoms with Gasteiger partial charge in [-0.25, -0.2) is 4.79 Å². The summed E-state index contributed by atoms with van der Waals surface area (Å²) in [6, 6.07) is 0. The van der Waals surface area contributed by atoms with Gasteiger partial charge in [0.05, 0.1) is 13.2 Å². The van der Waals surface area contributed by atoms with Crippen LogP contribution in [0.2, 0.25) is 0 Å². The zero-order valence-electron chi connectivity index (χ0n) is 11.8. The Kier molecular flexibility index (Phi) is 8.17. The van der Waals surface area contributed by atoms with Gasteiger partial charge in [-0.3, -0.25) is 0 Å². The molecule has 17 heavy (non-hydrogen) atoms. The summed E-state index contributed by atoms with van der Waals surface area (Å²) in [7, 11) is 0. The van der Waals surface area contributed by atoms with E-state index >= 15 is 0 Å². The Hall–Kier alpha value is -0.610. The van der Waals surface area contributed by atoms with Crippen LogP contribution in [-0.4, -0.2) is 38.9 Å². The molecule has 0 heterocycles. The van der Waals surface area contributed by atoms with Crippen LogP contribution in [0.4, 0.5) is 0 Å². The summed E-state index contributed by atoms with van der Waals surface area (Å²) in [5.74, 6) is 0.308. The number of nitrogens with one attached hydrogen (secondary N) is 1. The molecule has 0 aromatic heterocycles. The maximum atomic E-state index is 10.9. The minimum Gasteiger partial charge on any atom is -0.464 e. The quantitative estimate of drug-likeness (QED) is 0.523. The summed E-state index contributed by atoms with van der Waals surface area (Å²) >= 11 is 0. The van der Waals surface area contributed by atoms with Gasteiger partial charge in [0, 0.05) is 6.54 Å². The van der Waals surface area contributed by atoms with Crippen LogP contribution in [0.25, 0.3) is 0 Å². The fourth-order valence-electron chi connectivity index (χ4n) is 1.13. The van der Waals surface area contributed by atoms with E-state index in [0.717, 1.165) is 13.1 Å².